The lowest BCUT2D eigenvalue weighted by Gasteiger charge is -2.14. The van der Waals surface area contributed by atoms with Crippen molar-refractivity contribution in [1.82, 2.24) is 5.32 Å². The molecule has 0 aromatic heterocycles. The summed E-state index contributed by atoms with van der Waals surface area (Å²) >= 11 is 7.55. The molecule has 102 valence electrons. The lowest BCUT2D eigenvalue weighted by Crippen LogP contribution is -2.20. The summed E-state index contributed by atoms with van der Waals surface area (Å²) in [7, 11) is 0. The zero-order valence-corrected chi connectivity index (χ0v) is 12.6. The normalized spacial score (nSPS) is 12.7. The fraction of sp³-hybridized carbons (Fsp3) is 0.571. The maximum atomic E-state index is 13.3. The van der Waals surface area contributed by atoms with Crippen molar-refractivity contribution < 1.29 is 4.39 Å². The van der Waals surface area contributed by atoms with Gasteiger partial charge in [-0.1, -0.05) is 24.1 Å². The SMILES string of the molecule is CSCCCCCNC(C)c1ccc(Cl)c(F)c1. The highest BCUT2D eigenvalue weighted by atomic mass is 35.5. The molecule has 0 aliphatic rings. The molecule has 1 N–H and O–H groups in total. The molecule has 1 nitrogen and oxygen atoms in total. The zero-order chi connectivity index (χ0) is 13.4. The van der Waals surface area contributed by atoms with E-state index in [2.05, 4.69) is 11.6 Å². The van der Waals surface area contributed by atoms with Crippen molar-refractivity contribution in [2.45, 2.75) is 32.2 Å². The second kappa shape index (κ2) is 8.78. The van der Waals surface area contributed by atoms with Gasteiger partial charge in [-0.15, -0.1) is 0 Å². The summed E-state index contributed by atoms with van der Waals surface area (Å²) in [5.74, 6) is 0.889. The van der Waals surface area contributed by atoms with Gasteiger partial charge < -0.3 is 5.32 Å². The molecular formula is C14H21ClFNS. The molecule has 0 fully saturated rings. The summed E-state index contributed by atoms with van der Waals surface area (Å²) in [5, 5.41) is 3.59. The summed E-state index contributed by atoms with van der Waals surface area (Å²) in [6, 6.07) is 5.16. The number of hydrogen-bond acceptors (Lipinski definition) is 2. The molecule has 0 aliphatic heterocycles. The molecule has 4 heteroatoms. The molecule has 1 atom stereocenters. The van der Waals surface area contributed by atoms with Gasteiger partial charge in [0.15, 0.2) is 0 Å². The van der Waals surface area contributed by atoms with Crippen LogP contribution in [0.25, 0.3) is 0 Å². The molecule has 1 aromatic carbocycles. The number of rotatable bonds is 8. The number of benzene rings is 1. The van der Waals surface area contributed by atoms with Crippen molar-refractivity contribution in [2.24, 2.45) is 0 Å². The molecule has 0 spiro atoms. The average molecular weight is 290 g/mol. The van der Waals surface area contributed by atoms with Gasteiger partial charge in [-0.25, -0.2) is 4.39 Å². The fourth-order valence-electron chi connectivity index (χ4n) is 1.77. The van der Waals surface area contributed by atoms with Crippen molar-refractivity contribution in [2.75, 3.05) is 18.6 Å². The smallest absolute Gasteiger partial charge is 0.142 e. The number of halogens is 2. The van der Waals surface area contributed by atoms with E-state index in [1.807, 2.05) is 24.8 Å². The third kappa shape index (κ3) is 5.59. The number of unbranched alkanes of at least 4 members (excludes halogenated alkanes) is 2. The van der Waals surface area contributed by atoms with Crippen LogP contribution in [0.4, 0.5) is 4.39 Å². The topological polar surface area (TPSA) is 12.0 Å². The van der Waals surface area contributed by atoms with Crippen LogP contribution in [0.15, 0.2) is 18.2 Å². The minimum atomic E-state index is -0.345. The van der Waals surface area contributed by atoms with Crippen LogP contribution in [0.5, 0.6) is 0 Å². The van der Waals surface area contributed by atoms with E-state index in [9.17, 15) is 4.39 Å². The van der Waals surface area contributed by atoms with E-state index in [-0.39, 0.29) is 16.9 Å². The van der Waals surface area contributed by atoms with Crippen molar-refractivity contribution in [3.05, 3.63) is 34.6 Å². The van der Waals surface area contributed by atoms with Crippen LogP contribution in [0.2, 0.25) is 5.02 Å². The highest BCUT2D eigenvalue weighted by Gasteiger charge is 2.07. The Morgan fingerprint density at radius 3 is 2.78 bits per heavy atom. The fourth-order valence-corrected chi connectivity index (χ4v) is 2.38. The van der Waals surface area contributed by atoms with Crippen molar-refractivity contribution >= 4 is 23.4 Å². The molecule has 1 unspecified atom stereocenters. The first-order valence-corrected chi connectivity index (χ1v) is 8.09. The van der Waals surface area contributed by atoms with Crippen LogP contribution in [0, 0.1) is 5.82 Å². The Morgan fingerprint density at radius 2 is 2.11 bits per heavy atom. The third-order valence-electron chi connectivity index (χ3n) is 2.92. The van der Waals surface area contributed by atoms with Crippen molar-refractivity contribution in [3.8, 4) is 0 Å². The van der Waals surface area contributed by atoms with Crippen molar-refractivity contribution in [1.29, 1.82) is 0 Å². The quantitative estimate of drug-likeness (QED) is 0.698. The minimum absolute atomic E-state index is 0.164. The highest BCUT2D eigenvalue weighted by molar-refractivity contribution is 7.98. The number of nitrogens with one attached hydrogen (secondary N) is 1. The van der Waals surface area contributed by atoms with Gasteiger partial charge in [0.1, 0.15) is 5.82 Å². The Hall–Kier alpha value is -0.250. The molecule has 18 heavy (non-hydrogen) atoms. The average Bonchev–Trinajstić information content (AvgIpc) is 2.36. The second-order valence-electron chi connectivity index (χ2n) is 4.40. The Morgan fingerprint density at radius 1 is 1.33 bits per heavy atom. The summed E-state index contributed by atoms with van der Waals surface area (Å²) < 4.78 is 13.3. The van der Waals surface area contributed by atoms with E-state index < -0.39 is 0 Å². The molecule has 1 aromatic rings. The van der Waals surface area contributed by atoms with E-state index in [4.69, 9.17) is 11.6 Å². The third-order valence-corrected chi connectivity index (χ3v) is 3.92. The summed E-state index contributed by atoms with van der Waals surface area (Å²) in [5.41, 5.74) is 0.945. The van der Waals surface area contributed by atoms with E-state index in [0.717, 1.165) is 12.1 Å². The van der Waals surface area contributed by atoms with Crippen LogP contribution in [0.3, 0.4) is 0 Å². The van der Waals surface area contributed by atoms with Crippen LogP contribution in [-0.4, -0.2) is 18.6 Å². The highest BCUT2D eigenvalue weighted by Crippen LogP contribution is 2.20. The molecule has 0 aliphatic carbocycles. The van der Waals surface area contributed by atoms with Gasteiger partial charge in [-0.2, -0.15) is 11.8 Å². The number of hydrogen-bond donors (Lipinski definition) is 1. The largest absolute Gasteiger partial charge is 0.310 e. The Kier molecular flexibility index (Phi) is 7.71. The van der Waals surface area contributed by atoms with Gasteiger partial charge in [0, 0.05) is 6.04 Å². The zero-order valence-electron chi connectivity index (χ0n) is 11.0. The molecule has 0 amide bonds. The monoisotopic (exact) mass is 289 g/mol. The van der Waals surface area contributed by atoms with Gasteiger partial charge in [0.05, 0.1) is 5.02 Å². The molecule has 0 heterocycles. The van der Waals surface area contributed by atoms with E-state index in [1.54, 1.807) is 6.07 Å². The van der Waals surface area contributed by atoms with Crippen LogP contribution < -0.4 is 5.32 Å². The van der Waals surface area contributed by atoms with Crippen LogP contribution >= 0.6 is 23.4 Å². The first kappa shape index (κ1) is 15.8. The molecule has 0 saturated carbocycles. The van der Waals surface area contributed by atoms with E-state index >= 15 is 0 Å². The lowest BCUT2D eigenvalue weighted by atomic mass is 10.1. The Bertz CT molecular complexity index is 360. The van der Waals surface area contributed by atoms with Crippen LogP contribution in [0.1, 0.15) is 37.8 Å². The number of thioether (sulfide) groups is 1. The van der Waals surface area contributed by atoms with Crippen molar-refractivity contribution in [3.63, 3.8) is 0 Å². The van der Waals surface area contributed by atoms with Gasteiger partial charge in [0.25, 0.3) is 0 Å². The molecular weight excluding hydrogens is 269 g/mol. The van der Waals surface area contributed by atoms with Gasteiger partial charge in [-0.3, -0.25) is 0 Å². The van der Waals surface area contributed by atoms with Gasteiger partial charge in [0.2, 0.25) is 0 Å². The van der Waals surface area contributed by atoms with Crippen LogP contribution in [-0.2, 0) is 0 Å². The standard InChI is InChI=1S/C14H21ClFNS/c1-11(17-8-4-3-5-9-18-2)12-6-7-13(15)14(16)10-12/h6-7,10-11,17H,3-5,8-9H2,1-2H3. The maximum Gasteiger partial charge on any atom is 0.142 e. The summed E-state index contributed by atoms with van der Waals surface area (Å²) in [6.07, 6.45) is 5.82. The predicted molar refractivity (Wildman–Crippen MR) is 80.1 cm³/mol. The van der Waals surface area contributed by atoms with Gasteiger partial charge in [-0.05, 0) is 56.0 Å². The lowest BCUT2D eigenvalue weighted by molar-refractivity contribution is 0.540. The molecule has 0 saturated heterocycles. The van der Waals surface area contributed by atoms with Gasteiger partial charge >= 0.3 is 0 Å². The Labute approximate surface area is 118 Å². The first-order chi connectivity index (χ1) is 8.65. The molecule has 0 bridgehead atoms. The molecule has 1 rings (SSSR count). The first-order valence-electron chi connectivity index (χ1n) is 6.32. The van der Waals surface area contributed by atoms with E-state index in [0.29, 0.717) is 0 Å². The van der Waals surface area contributed by atoms with E-state index in [1.165, 1.54) is 31.1 Å². The minimum Gasteiger partial charge on any atom is -0.310 e. The maximum absolute atomic E-state index is 13.3. The summed E-state index contributed by atoms with van der Waals surface area (Å²) in [6.45, 7) is 3.02. The summed E-state index contributed by atoms with van der Waals surface area (Å²) in [4.78, 5) is 0. The molecule has 0 radical (unpaired) electrons. The second-order valence-corrected chi connectivity index (χ2v) is 5.80. The predicted octanol–water partition coefficient (Wildman–Crippen LogP) is 4.66. The Balaban J connectivity index is 2.27.